The van der Waals surface area contributed by atoms with Crippen molar-refractivity contribution in [3.8, 4) is 0 Å². The molecule has 0 saturated carbocycles. The van der Waals surface area contributed by atoms with Crippen LogP contribution in [0.1, 0.15) is 21.5 Å². The van der Waals surface area contributed by atoms with Crippen LogP contribution in [0.4, 0.5) is 0 Å². The van der Waals surface area contributed by atoms with Crippen LogP contribution < -0.4 is 9.88 Å². The number of hydrogen-bond acceptors (Lipinski definition) is 1. The molecule has 1 amide bonds. The number of carbonyl (C=O) groups is 1. The van der Waals surface area contributed by atoms with Crippen molar-refractivity contribution >= 4 is 5.91 Å². The zero-order chi connectivity index (χ0) is 16.6. The van der Waals surface area contributed by atoms with Gasteiger partial charge >= 0.3 is 0 Å². The van der Waals surface area contributed by atoms with Crippen LogP contribution in [0.25, 0.3) is 0 Å². The summed E-state index contributed by atoms with van der Waals surface area (Å²) in [6.45, 7) is 1.39. The smallest absolute Gasteiger partial charge is 0.257 e. The van der Waals surface area contributed by atoms with Crippen LogP contribution >= 0.6 is 0 Å². The number of amides is 1. The number of pyridine rings is 1. The first-order chi connectivity index (χ1) is 11.8. The molecule has 3 nitrogen and oxygen atoms in total. The fourth-order valence-corrected chi connectivity index (χ4v) is 2.62. The third kappa shape index (κ3) is 4.53. The molecule has 0 unspecified atom stereocenters. The van der Waals surface area contributed by atoms with E-state index in [1.54, 1.807) is 0 Å². The quantitative estimate of drug-likeness (QED) is 0.697. The lowest BCUT2D eigenvalue weighted by atomic mass is 10.1. The summed E-state index contributed by atoms with van der Waals surface area (Å²) >= 11 is 0. The molecular formula is C21H21N2O+. The molecule has 1 N–H and O–H groups in total. The minimum Gasteiger partial charge on any atom is -0.352 e. The summed E-state index contributed by atoms with van der Waals surface area (Å²) in [5.41, 5.74) is 3.12. The monoisotopic (exact) mass is 317 g/mol. The van der Waals surface area contributed by atoms with Crippen molar-refractivity contribution in [3.05, 3.63) is 102 Å². The minimum atomic E-state index is -0.0339. The van der Waals surface area contributed by atoms with Crippen LogP contribution in [0.15, 0.2) is 85.2 Å². The molecule has 120 valence electrons. The largest absolute Gasteiger partial charge is 0.352 e. The van der Waals surface area contributed by atoms with Gasteiger partial charge in [0.2, 0.25) is 0 Å². The molecular weight excluding hydrogens is 296 g/mol. The van der Waals surface area contributed by atoms with E-state index in [1.165, 1.54) is 11.1 Å². The van der Waals surface area contributed by atoms with Gasteiger partial charge in [-0.05, 0) is 18.1 Å². The van der Waals surface area contributed by atoms with Gasteiger partial charge in [0, 0.05) is 18.2 Å². The topological polar surface area (TPSA) is 33.0 Å². The molecule has 0 aliphatic heterocycles. The SMILES string of the molecule is O=C(NCCc1ccccc1)c1ccc[n+](Cc2ccccc2)c1. The Hall–Kier alpha value is -2.94. The van der Waals surface area contributed by atoms with E-state index in [1.807, 2.05) is 65.5 Å². The van der Waals surface area contributed by atoms with E-state index in [2.05, 4.69) is 29.6 Å². The maximum atomic E-state index is 12.3. The Morgan fingerprint density at radius 3 is 2.21 bits per heavy atom. The predicted molar refractivity (Wildman–Crippen MR) is 94.7 cm³/mol. The third-order valence-corrected chi connectivity index (χ3v) is 3.87. The highest BCUT2D eigenvalue weighted by Gasteiger charge is 2.10. The maximum absolute atomic E-state index is 12.3. The molecule has 3 heteroatoms. The highest BCUT2D eigenvalue weighted by atomic mass is 16.1. The molecule has 0 bridgehead atoms. The first-order valence-electron chi connectivity index (χ1n) is 8.16. The van der Waals surface area contributed by atoms with Crippen molar-refractivity contribution in [1.29, 1.82) is 0 Å². The molecule has 3 rings (SSSR count). The Kier molecular flexibility index (Phi) is 5.36. The lowest BCUT2D eigenvalue weighted by Gasteiger charge is -2.05. The number of benzene rings is 2. The van der Waals surface area contributed by atoms with Crippen molar-refractivity contribution in [2.45, 2.75) is 13.0 Å². The van der Waals surface area contributed by atoms with E-state index < -0.39 is 0 Å². The lowest BCUT2D eigenvalue weighted by Crippen LogP contribution is -2.36. The van der Waals surface area contributed by atoms with E-state index >= 15 is 0 Å². The van der Waals surface area contributed by atoms with Crippen molar-refractivity contribution in [3.63, 3.8) is 0 Å². The van der Waals surface area contributed by atoms with Gasteiger partial charge in [-0.2, -0.15) is 4.57 Å². The van der Waals surface area contributed by atoms with Gasteiger partial charge in [0.1, 0.15) is 5.56 Å². The first-order valence-corrected chi connectivity index (χ1v) is 8.16. The molecule has 1 aromatic heterocycles. The van der Waals surface area contributed by atoms with Crippen molar-refractivity contribution < 1.29 is 9.36 Å². The van der Waals surface area contributed by atoms with E-state index in [-0.39, 0.29) is 5.91 Å². The van der Waals surface area contributed by atoms with Gasteiger partial charge in [-0.3, -0.25) is 4.79 Å². The predicted octanol–water partition coefficient (Wildman–Crippen LogP) is 2.99. The Bertz CT molecular complexity index is 785. The number of hydrogen-bond donors (Lipinski definition) is 1. The normalized spacial score (nSPS) is 10.3. The molecule has 0 fully saturated rings. The zero-order valence-electron chi connectivity index (χ0n) is 13.6. The molecule has 0 radical (unpaired) electrons. The Morgan fingerprint density at radius 1 is 0.833 bits per heavy atom. The molecule has 0 atom stereocenters. The number of rotatable bonds is 6. The second kappa shape index (κ2) is 8.06. The van der Waals surface area contributed by atoms with Gasteiger partial charge in [-0.1, -0.05) is 60.7 Å². The van der Waals surface area contributed by atoms with Crippen molar-refractivity contribution in [2.24, 2.45) is 0 Å². The third-order valence-electron chi connectivity index (χ3n) is 3.87. The second-order valence-corrected chi connectivity index (χ2v) is 5.74. The average Bonchev–Trinajstić information content (AvgIpc) is 2.64. The van der Waals surface area contributed by atoms with Crippen LogP contribution in [-0.4, -0.2) is 12.5 Å². The fraction of sp³-hybridized carbons (Fsp3) is 0.143. The van der Waals surface area contributed by atoms with Crippen LogP contribution in [0.2, 0.25) is 0 Å². The molecule has 2 aromatic carbocycles. The van der Waals surface area contributed by atoms with Crippen LogP contribution in [0.3, 0.4) is 0 Å². The van der Waals surface area contributed by atoms with E-state index in [0.717, 1.165) is 13.0 Å². The van der Waals surface area contributed by atoms with Gasteiger partial charge in [-0.25, -0.2) is 0 Å². The van der Waals surface area contributed by atoms with Gasteiger partial charge in [0.25, 0.3) is 5.91 Å². The standard InChI is InChI=1S/C21H20N2O/c24-21(22-14-13-18-8-3-1-4-9-18)20-12-7-15-23(17-20)16-19-10-5-2-6-11-19/h1-12,15,17H,13-14,16H2/p+1. The molecule has 1 heterocycles. The number of nitrogens with zero attached hydrogens (tertiary/aromatic N) is 1. The van der Waals surface area contributed by atoms with Gasteiger partial charge in [-0.15, -0.1) is 0 Å². The molecule has 24 heavy (non-hydrogen) atoms. The summed E-state index contributed by atoms with van der Waals surface area (Å²) < 4.78 is 2.03. The number of carbonyl (C=O) groups excluding carboxylic acids is 1. The van der Waals surface area contributed by atoms with Gasteiger partial charge in [0.05, 0.1) is 0 Å². The van der Waals surface area contributed by atoms with Gasteiger partial charge in [0.15, 0.2) is 18.9 Å². The van der Waals surface area contributed by atoms with Crippen LogP contribution in [0.5, 0.6) is 0 Å². The van der Waals surface area contributed by atoms with Crippen LogP contribution in [0, 0.1) is 0 Å². The summed E-state index contributed by atoms with van der Waals surface area (Å²) in [6, 6.07) is 24.1. The zero-order valence-corrected chi connectivity index (χ0v) is 13.6. The molecule has 3 aromatic rings. The minimum absolute atomic E-state index is 0.0339. The first kappa shape index (κ1) is 15.9. The molecule has 0 aliphatic rings. The van der Waals surface area contributed by atoms with Crippen molar-refractivity contribution in [1.82, 2.24) is 5.32 Å². The summed E-state index contributed by atoms with van der Waals surface area (Å²) in [4.78, 5) is 12.3. The van der Waals surface area contributed by atoms with E-state index in [4.69, 9.17) is 0 Å². The highest BCUT2D eigenvalue weighted by Crippen LogP contribution is 2.01. The Labute approximate surface area is 142 Å². The fourth-order valence-electron chi connectivity index (χ4n) is 2.62. The average molecular weight is 317 g/mol. The molecule has 0 saturated heterocycles. The van der Waals surface area contributed by atoms with Crippen molar-refractivity contribution in [2.75, 3.05) is 6.54 Å². The maximum Gasteiger partial charge on any atom is 0.257 e. The summed E-state index contributed by atoms with van der Waals surface area (Å²) in [6.07, 6.45) is 4.71. The Balaban J connectivity index is 1.58. The van der Waals surface area contributed by atoms with E-state index in [0.29, 0.717) is 12.1 Å². The Morgan fingerprint density at radius 2 is 1.50 bits per heavy atom. The van der Waals surface area contributed by atoms with E-state index in [9.17, 15) is 4.79 Å². The summed E-state index contributed by atoms with van der Waals surface area (Å²) in [5.74, 6) is -0.0339. The number of nitrogens with one attached hydrogen (secondary N) is 1. The lowest BCUT2D eigenvalue weighted by molar-refractivity contribution is -0.688. The van der Waals surface area contributed by atoms with Crippen LogP contribution in [-0.2, 0) is 13.0 Å². The summed E-state index contributed by atoms with van der Waals surface area (Å²) in [7, 11) is 0. The summed E-state index contributed by atoms with van der Waals surface area (Å²) in [5, 5.41) is 2.99. The highest BCUT2D eigenvalue weighted by molar-refractivity contribution is 5.93. The second-order valence-electron chi connectivity index (χ2n) is 5.74. The van der Waals surface area contributed by atoms with Gasteiger partial charge < -0.3 is 5.32 Å². The molecule has 0 aliphatic carbocycles. The molecule has 0 spiro atoms. The number of aromatic nitrogens is 1.